The van der Waals surface area contributed by atoms with Gasteiger partial charge in [0.2, 0.25) is 0 Å². The van der Waals surface area contributed by atoms with Crippen molar-refractivity contribution in [1.82, 2.24) is 0 Å². The van der Waals surface area contributed by atoms with Crippen LogP contribution < -0.4 is 0 Å². The monoisotopic (exact) mass is 364 g/mol. The first kappa shape index (κ1) is 16.5. The molecule has 0 spiro atoms. The minimum absolute atomic E-state index is 0. The van der Waals surface area contributed by atoms with Crippen molar-refractivity contribution in [3.8, 4) is 11.8 Å². The largest absolute Gasteiger partial charge is 0.748 e. The minimum atomic E-state index is 0. The fraction of sp³-hybridized carbons (Fsp3) is 0. The normalized spacial score (nSPS) is 8.45. The SMILES string of the molecule is Brc1cccc(C#C[c-]2cccc2)c1.[Fe].[cH-]1[cH-][cH-][cH-][cH-]1. The molecule has 106 valence electrons. The van der Waals surface area contributed by atoms with Crippen molar-refractivity contribution in [3.05, 3.63) is 94.5 Å². The van der Waals surface area contributed by atoms with Gasteiger partial charge in [-0.25, -0.2) is 0 Å². The topological polar surface area (TPSA) is 0 Å². The number of hydrogen-bond donors (Lipinski definition) is 0. The van der Waals surface area contributed by atoms with E-state index in [0.29, 0.717) is 0 Å². The summed E-state index contributed by atoms with van der Waals surface area (Å²) in [6, 6.07) is 26.0. The Kier molecular flexibility index (Phi) is 7.77. The molecule has 3 rings (SSSR count). The third-order valence-corrected chi connectivity index (χ3v) is 2.89. The molecule has 0 radical (unpaired) electrons. The predicted octanol–water partition coefficient (Wildman–Crippen LogP) is 4.97. The molecule has 0 aromatic heterocycles. The maximum absolute atomic E-state index is 3.41. The predicted molar refractivity (Wildman–Crippen MR) is 84.2 cm³/mol. The van der Waals surface area contributed by atoms with Gasteiger partial charge in [0.1, 0.15) is 0 Å². The van der Waals surface area contributed by atoms with Gasteiger partial charge in [-0.3, -0.25) is 0 Å². The molecule has 3 aromatic carbocycles. The van der Waals surface area contributed by atoms with Crippen molar-refractivity contribution in [2.45, 2.75) is 0 Å². The molecule has 0 saturated carbocycles. The molecule has 0 saturated heterocycles. The van der Waals surface area contributed by atoms with E-state index in [4.69, 9.17) is 0 Å². The Balaban J connectivity index is 0.000000283. The van der Waals surface area contributed by atoms with Crippen LogP contribution in [0.4, 0.5) is 0 Å². The van der Waals surface area contributed by atoms with Crippen LogP contribution in [0.1, 0.15) is 11.1 Å². The van der Waals surface area contributed by atoms with Crippen LogP contribution in [0, 0.1) is 11.8 Å². The Morgan fingerprint density at radius 1 is 0.900 bits per heavy atom. The van der Waals surface area contributed by atoms with Gasteiger partial charge in [-0.15, -0.1) is 12.1 Å². The first-order chi connectivity index (χ1) is 9.34. The second-order valence-electron chi connectivity index (χ2n) is 3.90. The van der Waals surface area contributed by atoms with Gasteiger partial charge >= 0.3 is 0 Å². The first-order valence-electron chi connectivity index (χ1n) is 6.00. The average molecular weight is 365 g/mol. The van der Waals surface area contributed by atoms with Crippen LogP contribution in [-0.2, 0) is 17.1 Å². The molecule has 20 heavy (non-hydrogen) atoms. The van der Waals surface area contributed by atoms with E-state index < -0.39 is 0 Å². The Bertz CT molecular complexity index is 623. The van der Waals surface area contributed by atoms with Gasteiger partial charge in [-0.05, 0) is 17.7 Å². The smallest absolute Gasteiger partial charge is 0.0179 e. The van der Waals surface area contributed by atoms with Crippen molar-refractivity contribution in [2.75, 3.05) is 0 Å². The van der Waals surface area contributed by atoms with E-state index in [9.17, 15) is 0 Å². The molecule has 0 aliphatic heterocycles. The molecule has 0 aliphatic carbocycles. The summed E-state index contributed by atoms with van der Waals surface area (Å²) < 4.78 is 1.06. The maximum atomic E-state index is 3.41. The van der Waals surface area contributed by atoms with E-state index in [-0.39, 0.29) is 17.1 Å². The van der Waals surface area contributed by atoms with Crippen molar-refractivity contribution < 1.29 is 17.1 Å². The van der Waals surface area contributed by atoms with Crippen molar-refractivity contribution in [3.63, 3.8) is 0 Å². The van der Waals surface area contributed by atoms with Gasteiger partial charge in [0.25, 0.3) is 0 Å². The van der Waals surface area contributed by atoms with Crippen molar-refractivity contribution >= 4 is 15.9 Å². The third-order valence-electron chi connectivity index (χ3n) is 2.39. The van der Waals surface area contributed by atoms with Gasteiger partial charge in [0.05, 0.1) is 0 Å². The zero-order chi connectivity index (χ0) is 13.3. The van der Waals surface area contributed by atoms with Gasteiger partial charge in [-0.1, -0.05) is 33.6 Å². The Hall–Kier alpha value is -1.52. The minimum Gasteiger partial charge on any atom is -0.748 e. The van der Waals surface area contributed by atoms with Crippen LogP contribution in [0.3, 0.4) is 0 Å². The standard InChI is InChI=1S/C13H8Br.C5H5.Fe/c14-13-7-3-6-12(10-13)9-8-11-4-1-2-5-11;1-2-4-5-3-1;/h1-7,10H;1-5H;/q-1;-5;. The van der Waals surface area contributed by atoms with E-state index in [0.717, 1.165) is 15.6 Å². The molecule has 0 heterocycles. The molecule has 0 atom stereocenters. The quantitative estimate of drug-likeness (QED) is 0.300. The van der Waals surface area contributed by atoms with Crippen LogP contribution in [0.2, 0.25) is 0 Å². The molecule has 0 bridgehead atoms. The Labute approximate surface area is 139 Å². The van der Waals surface area contributed by atoms with E-state index in [1.165, 1.54) is 0 Å². The molecular formula is C18H13BrFe-6. The Morgan fingerprint density at radius 3 is 2.05 bits per heavy atom. The van der Waals surface area contributed by atoms with E-state index in [1.54, 1.807) is 0 Å². The molecule has 3 aromatic rings. The van der Waals surface area contributed by atoms with Gasteiger partial charge in [0, 0.05) is 21.5 Å². The fourth-order valence-electron chi connectivity index (χ4n) is 1.49. The number of benzene rings is 1. The summed E-state index contributed by atoms with van der Waals surface area (Å²) >= 11 is 3.41. The molecular weight excluding hydrogens is 352 g/mol. The van der Waals surface area contributed by atoms with Gasteiger partial charge in [0.15, 0.2) is 0 Å². The Morgan fingerprint density at radius 2 is 1.50 bits per heavy atom. The summed E-state index contributed by atoms with van der Waals surface area (Å²) in [4.78, 5) is 0. The second-order valence-corrected chi connectivity index (χ2v) is 4.81. The van der Waals surface area contributed by atoms with Crippen LogP contribution in [0.5, 0.6) is 0 Å². The van der Waals surface area contributed by atoms with E-state index >= 15 is 0 Å². The molecule has 2 heteroatoms. The van der Waals surface area contributed by atoms with E-state index in [2.05, 4.69) is 27.8 Å². The molecule has 0 N–H and O–H groups in total. The maximum Gasteiger partial charge on any atom is 0.0179 e. The molecule has 0 aliphatic rings. The first-order valence-corrected chi connectivity index (χ1v) is 6.80. The number of rotatable bonds is 0. The summed E-state index contributed by atoms with van der Waals surface area (Å²) in [6.07, 6.45) is 0. The van der Waals surface area contributed by atoms with Crippen LogP contribution >= 0.6 is 15.9 Å². The second kappa shape index (κ2) is 9.39. The number of hydrogen-bond acceptors (Lipinski definition) is 0. The van der Waals surface area contributed by atoms with Gasteiger partial charge < -0.3 is 30.3 Å². The zero-order valence-corrected chi connectivity index (χ0v) is 13.4. The summed E-state index contributed by atoms with van der Waals surface area (Å²) in [5.74, 6) is 6.21. The van der Waals surface area contributed by atoms with Crippen LogP contribution in [0.25, 0.3) is 0 Å². The summed E-state index contributed by atoms with van der Waals surface area (Å²) in [7, 11) is 0. The summed E-state index contributed by atoms with van der Waals surface area (Å²) in [5.41, 5.74) is 2.09. The van der Waals surface area contributed by atoms with Crippen molar-refractivity contribution in [2.24, 2.45) is 0 Å². The average Bonchev–Trinajstić information content (AvgIpc) is 3.12. The van der Waals surface area contributed by atoms with Crippen LogP contribution in [0.15, 0.2) is 83.3 Å². The molecule has 0 fully saturated rings. The fourth-order valence-corrected chi connectivity index (χ4v) is 1.89. The summed E-state index contributed by atoms with van der Waals surface area (Å²) in [6.45, 7) is 0. The van der Waals surface area contributed by atoms with Crippen molar-refractivity contribution in [1.29, 1.82) is 0 Å². The molecule has 0 amide bonds. The zero-order valence-electron chi connectivity index (χ0n) is 10.7. The number of halogens is 1. The molecule has 0 nitrogen and oxygen atoms in total. The summed E-state index contributed by atoms with van der Waals surface area (Å²) in [5, 5.41) is 0. The molecule has 0 unspecified atom stereocenters. The van der Waals surface area contributed by atoms with Gasteiger partial charge in [-0.2, -0.15) is 24.0 Å². The van der Waals surface area contributed by atoms with Crippen LogP contribution in [-0.4, -0.2) is 0 Å². The third kappa shape index (κ3) is 6.08. The van der Waals surface area contributed by atoms with E-state index in [1.807, 2.05) is 78.9 Å².